The molecule has 1 fully saturated rings. The van der Waals surface area contributed by atoms with Crippen molar-refractivity contribution in [1.29, 1.82) is 0 Å². The Morgan fingerprint density at radius 3 is 2.89 bits per heavy atom. The zero-order chi connectivity index (χ0) is 13.1. The molecule has 18 heavy (non-hydrogen) atoms. The van der Waals surface area contributed by atoms with Crippen LogP contribution >= 0.6 is 11.6 Å². The van der Waals surface area contributed by atoms with Crippen LogP contribution in [0.25, 0.3) is 0 Å². The summed E-state index contributed by atoms with van der Waals surface area (Å²) in [5, 5.41) is 12.9. The summed E-state index contributed by atoms with van der Waals surface area (Å²) in [6.07, 6.45) is 2.52. The van der Waals surface area contributed by atoms with E-state index in [2.05, 4.69) is 5.32 Å². The lowest BCUT2D eigenvalue weighted by atomic mass is 10.1. The third kappa shape index (κ3) is 2.94. The van der Waals surface area contributed by atoms with Crippen LogP contribution in [-0.4, -0.2) is 23.7 Å². The predicted octanol–water partition coefficient (Wildman–Crippen LogP) is 1.81. The molecule has 0 aromatic heterocycles. The Bertz CT molecular complexity index is 451. The van der Waals surface area contributed by atoms with Crippen LogP contribution in [0.4, 0.5) is 5.69 Å². The standard InChI is InChI=1S/C13H17ClN2O2/c14-10-6-8(4-5-11(10)15)13(18)16-7-9-2-1-3-12(9)17/h4-6,9,12,17H,1-3,7,15H2,(H,16,18). The van der Waals surface area contributed by atoms with Gasteiger partial charge in [-0.05, 0) is 31.0 Å². The van der Waals surface area contributed by atoms with Crippen LogP contribution in [-0.2, 0) is 0 Å². The normalized spacial score (nSPS) is 23.0. The van der Waals surface area contributed by atoms with Gasteiger partial charge < -0.3 is 16.2 Å². The predicted molar refractivity (Wildman–Crippen MR) is 71.5 cm³/mol. The molecule has 0 saturated heterocycles. The summed E-state index contributed by atoms with van der Waals surface area (Å²) >= 11 is 5.86. The number of hydrogen-bond donors (Lipinski definition) is 3. The summed E-state index contributed by atoms with van der Waals surface area (Å²) < 4.78 is 0. The molecule has 0 spiro atoms. The van der Waals surface area contributed by atoms with Crippen LogP contribution in [0.5, 0.6) is 0 Å². The Kier molecular flexibility index (Phi) is 4.09. The highest BCUT2D eigenvalue weighted by molar-refractivity contribution is 6.33. The molecule has 0 bridgehead atoms. The van der Waals surface area contributed by atoms with Gasteiger partial charge in [0.1, 0.15) is 0 Å². The number of aliphatic hydroxyl groups excluding tert-OH is 1. The summed E-state index contributed by atoms with van der Waals surface area (Å²) in [5.41, 5.74) is 6.53. The second kappa shape index (κ2) is 5.59. The molecule has 1 aliphatic rings. The average molecular weight is 269 g/mol. The van der Waals surface area contributed by atoms with Crippen molar-refractivity contribution in [2.24, 2.45) is 5.92 Å². The molecular weight excluding hydrogens is 252 g/mol. The monoisotopic (exact) mass is 268 g/mol. The lowest BCUT2D eigenvalue weighted by Gasteiger charge is -2.15. The molecule has 2 unspecified atom stereocenters. The third-order valence-electron chi connectivity index (χ3n) is 3.41. The number of carbonyl (C=O) groups is 1. The highest BCUT2D eigenvalue weighted by atomic mass is 35.5. The number of nitrogen functional groups attached to an aromatic ring is 1. The number of aliphatic hydroxyl groups is 1. The molecule has 0 heterocycles. The van der Waals surface area contributed by atoms with E-state index >= 15 is 0 Å². The average Bonchev–Trinajstić information content (AvgIpc) is 2.75. The fraction of sp³-hybridized carbons (Fsp3) is 0.462. The van der Waals surface area contributed by atoms with Gasteiger partial charge in [-0.2, -0.15) is 0 Å². The number of halogens is 1. The quantitative estimate of drug-likeness (QED) is 0.732. The highest BCUT2D eigenvalue weighted by Crippen LogP contribution is 2.25. The van der Waals surface area contributed by atoms with E-state index in [4.69, 9.17) is 17.3 Å². The largest absolute Gasteiger partial charge is 0.398 e. The van der Waals surface area contributed by atoms with E-state index < -0.39 is 0 Å². The number of rotatable bonds is 3. The summed E-state index contributed by atoms with van der Waals surface area (Å²) in [5.74, 6) is -0.0193. The van der Waals surface area contributed by atoms with E-state index in [9.17, 15) is 9.90 Å². The van der Waals surface area contributed by atoms with Gasteiger partial charge >= 0.3 is 0 Å². The minimum Gasteiger partial charge on any atom is -0.398 e. The van der Waals surface area contributed by atoms with E-state index in [-0.39, 0.29) is 17.9 Å². The van der Waals surface area contributed by atoms with Gasteiger partial charge in [-0.15, -0.1) is 0 Å². The Hall–Kier alpha value is -1.26. The maximum Gasteiger partial charge on any atom is 0.251 e. The SMILES string of the molecule is Nc1ccc(C(=O)NCC2CCCC2O)cc1Cl. The summed E-state index contributed by atoms with van der Waals surface area (Å²) in [7, 11) is 0. The van der Waals surface area contributed by atoms with E-state index in [1.54, 1.807) is 18.2 Å². The summed E-state index contributed by atoms with van der Waals surface area (Å²) in [4.78, 5) is 11.9. The van der Waals surface area contributed by atoms with Crippen molar-refractivity contribution in [1.82, 2.24) is 5.32 Å². The molecule has 1 aliphatic carbocycles. The van der Waals surface area contributed by atoms with Gasteiger partial charge in [0.2, 0.25) is 0 Å². The Balaban J connectivity index is 1.93. The molecule has 98 valence electrons. The fourth-order valence-electron chi connectivity index (χ4n) is 2.25. The minimum atomic E-state index is -0.291. The van der Waals surface area contributed by atoms with E-state index in [0.29, 0.717) is 22.8 Å². The van der Waals surface area contributed by atoms with E-state index in [0.717, 1.165) is 19.3 Å². The second-order valence-corrected chi connectivity index (χ2v) is 5.11. The van der Waals surface area contributed by atoms with Gasteiger partial charge in [0.05, 0.1) is 16.8 Å². The van der Waals surface area contributed by atoms with Crippen LogP contribution in [0.3, 0.4) is 0 Å². The van der Waals surface area contributed by atoms with E-state index in [1.807, 2.05) is 0 Å². The molecular formula is C13H17ClN2O2. The molecule has 4 nitrogen and oxygen atoms in total. The number of nitrogens with two attached hydrogens (primary N) is 1. The maximum absolute atomic E-state index is 11.9. The van der Waals surface area contributed by atoms with Crippen LogP contribution in [0.15, 0.2) is 18.2 Å². The Morgan fingerprint density at radius 1 is 1.50 bits per heavy atom. The molecule has 0 aliphatic heterocycles. The first-order valence-corrected chi connectivity index (χ1v) is 6.47. The smallest absolute Gasteiger partial charge is 0.251 e. The number of nitrogens with one attached hydrogen (secondary N) is 1. The van der Waals surface area contributed by atoms with Crippen molar-refractivity contribution in [3.8, 4) is 0 Å². The van der Waals surface area contributed by atoms with Crippen LogP contribution in [0.1, 0.15) is 29.6 Å². The molecule has 0 radical (unpaired) electrons. The first-order chi connectivity index (χ1) is 8.58. The Morgan fingerprint density at radius 2 is 2.28 bits per heavy atom. The minimum absolute atomic E-state index is 0.165. The second-order valence-electron chi connectivity index (χ2n) is 4.70. The molecule has 2 atom stereocenters. The lowest BCUT2D eigenvalue weighted by molar-refractivity contribution is 0.0917. The highest BCUT2D eigenvalue weighted by Gasteiger charge is 2.25. The summed E-state index contributed by atoms with van der Waals surface area (Å²) in [6.45, 7) is 0.502. The topological polar surface area (TPSA) is 75.4 Å². The van der Waals surface area contributed by atoms with Crippen LogP contribution < -0.4 is 11.1 Å². The van der Waals surface area contributed by atoms with Gasteiger partial charge in [0, 0.05) is 18.0 Å². The number of carbonyl (C=O) groups excluding carboxylic acids is 1. The number of anilines is 1. The molecule has 4 N–H and O–H groups in total. The summed E-state index contributed by atoms with van der Waals surface area (Å²) in [6, 6.07) is 4.81. The van der Waals surface area contributed by atoms with Crippen molar-refractivity contribution in [2.45, 2.75) is 25.4 Å². The lowest BCUT2D eigenvalue weighted by Crippen LogP contribution is -2.32. The molecule has 1 aromatic rings. The first kappa shape index (κ1) is 13.2. The molecule has 1 saturated carbocycles. The third-order valence-corrected chi connectivity index (χ3v) is 3.73. The van der Waals surface area contributed by atoms with Gasteiger partial charge in [-0.3, -0.25) is 4.79 Å². The molecule has 5 heteroatoms. The van der Waals surface area contributed by atoms with Crippen molar-refractivity contribution < 1.29 is 9.90 Å². The maximum atomic E-state index is 11.9. The Labute approximate surface area is 111 Å². The van der Waals surface area contributed by atoms with Gasteiger partial charge in [-0.25, -0.2) is 0 Å². The van der Waals surface area contributed by atoms with Crippen LogP contribution in [0, 0.1) is 5.92 Å². The molecule has 2 rings (SSSR count). The number of benzene rings is 1. The van der Waals surface area contributed by atoms with Gasteiger partial charge in [0.15, 0.2) is 0 Å². The van der Waals surface area contributed by atoms with Crippen LogP contribution in [0.2, 0.25) is 5.02 Å². The van der Waals surface area contributed by atoms with Crippen molar-refractivity contribution in [3.05, 3.63) is 28.8 Å². The van der Waals surface area contributed by atoms with Gasteiger partial charge in [-0.1, -0.05) is 18.0 Å². The molecule has 1 amide bonds. The fourth-order valence-corrected chi connectivity index (χ4v) is 2.43. The zero-order valence-corrected chi connectivity index (χ0v) is 10.8. The number of amides is 1. The first-order valence-electron chi connectivity index (χ1n) is 6.09. The molecule has 1 aromatic carbocycles. The van der Waals surface area contributed by atoms with Crippen molar-refractivity contribution >= 4 is 23.2 Å². The zero-order valence-electron chi connectivity index (χ0n) is 10.0. The van der Waals surface area contributed by atoms with Gasteiger partial charge in [0.25, 0.3) is 5.91 Å². The van der Waals surface area contributed by atoms with E-state index in [1.165, 1.54) is 0 Å². The number of hydrogen-bond acceptors (Lipinski definition) is 3. The van der Waals surface area contributed by atoms with Crippen molar-refractivity contribution in [2.75, 3.05) is 12.3 Å². The van der Waals surface area contributed by atoms with Crippen molar-refractivity contribution in [3.63, 3.8) is 0 Å².